The average molecular weight is 396 g/mol. The third-order valence-corrected chi connectivity index (χ3v) is 6.24. The number of ketones is 1. The minimum absolute atomic E-state index is 0.0248. The third kappa shape index (κ3) is 4.05. The van der Waals surface area contributed by atoms with Gasteiger partial charge in [0.1, 0.15) is 5.75 Å². The second kappa shape index (κ2) is 8.37. The predicted molar refractivity (Wildman–Crippen MR) is 109 cm³/mol. The number of piperidine rings is 1. The number of likely N-dealkylation sites (tertiary alicyclic amines) is 1. The Morgan fingerprint density at radius 1 is 1.14 bits per heavy atom. The summed E-state index contributed by atoms with van der Waals surface area (Å²) in [4.78, 5) is 27.9. The molecule has 2 saturated heterocycles. The van der Waals surface area contributed by atoms with Crippen LogP contribution in [0.25, 0.3) is 0 Å². The van der Waals surface area contributed by atoms with Crippen molar-refractivity contribution in [1.29, 1.82) is 0 Å². The van der Waals surface area contributed by atoms with Crippen molar-refractivity contribution in [3.63, 3.8) is 0 Å². The number of nitrogens with one attached hydrogen (secondary N) is 1. The van der Waals surface area contributed by atoms with E-state index < -0.39 is 0 Å². The molecule has 0 radical (unpaired) electrons. The molecule has 2 aromatic rings. The first kappa shape index (κ1) is 19.6. The van der Waals surface area contributed by atoms with Crippen molar-refractivity contribution >= 4 is 11.7 Å². The van der Waals surface area contributed by atoms with Gasteiger partial charge in [-0.25, -0.2) is 0 Å². The van der Waals surface area contributed by atoms with Crippen LogP contribution in [0.1, 0.15) is 34.7 Å². The number of Topliss-reactive ketones (excluding diaryl/α,β-unsaturated/α-hetero) is 1. The minimum atomic E-state index is -0.0620. The number of nitrogens with zero attached hydrogens (tertiary/aromatic N) is 3. The van der Waals surface area contributed by atoms with Crippen molar-refractivity contribution < 1.29 is 14.3 Å². The van der Waals surface area contributed by atoms with E-state index in [1.807, 2.05) is 48.6 Å². The Morgan fingerprint density at radius 3 is 2.48 bits per heavy atom. The van der Waals surface area contributed by atoms with Crippen LogP contribution in [0, 0.1) is 11.8 Å². The number of ether oxygens (including phenoxy) is 1. The topological polar surface area (TPSA) is 76.5 Å². The van der Waals surface area contributed by atoms with Gasteiger partial charge in [-0.1, -0.05) is 0 Å². The van der Waals surface area contributed by atoms with Crippen LogP contribution >= 0.6 is 0 Å². The molecule has 3 heterocycles. The highest BCUT2D eigenvalue weighted by Gasteiger charge is 2.38. The zero-order valence-electron chi connectivity index (χ0n) is 17.0. The molecule has 0 bridgehead atoms. The summed E-state index contributed by atoms with van der Waals surface area (Å²) in [6, 6.07) is 7.28. The quantitative estimate of drug-likeness (QED) is 0.781. The number of amides is 1. The summed E-state index contributed by atoms with van der Waals surface area (Å²) in [7, 11) is 3.51. The van der Waals surface area contributed by atoms with Crippen molar-refractivity contribution in [3.8, 4) is 5.75 Å². The fourth-order valence-corrected chi connectivity index (χ4v) is 4.51. The van der Waals surface area contributed by atoms with Crippen LogP contribution in [0.3, 0.4) is 0 Å². The average Bonchev–Trinajstić information content (AvgIpc) is 3.42. The van der Waals surface area contributed by atoms with E-state index in [4.69, 9.17) is 4.74 Å². The predicted octanol–water partition coefficient (Wildman–Crippen LogP) is 1.85. The minimum Gasteiger partial charge on any atom is -0.497 e. The molecule has 0 aliphatic carbocycles. The molecule has 1 N–H and O–H groups in total. The highest BCUT2D eigenvalue weighted by molar-refractivity contribution is 5.98. The van der Waals surface area contributed by atoms with Gasteiger partial charge < -0.3 is 15.0 Å². The maximum atomic E-state index is 13.2. The second-order valence-electron chi connectivity index (χ2n) is 8.01. The molecule has 0 spiro atoms. The lowest BCUT2D eigenvalue weighted by molar-refractivity contribution is -0.136. The lowest BCUT2D eigenvalue weighted by Crippen LogP contribution is -2.44. The van der Waals surface area contributed by atoms with E-state index in [-0.39, 0.29) is 29.4 Å². The van der Waals surface area contributed by atoms with E-state index in [9.17, 15) is 9.59 Å². The Hall–Kier alpha value is -2.67. The summed E-state index contributed by atoms with van der Waals surface area (Å²) in [5.41, 5.74) is 1.83. The maximum absolute atomic E-state index is 13.2. The van der Waals surface area contributed by atoms with Crippen LogP contribution in [0.15, 0.2) is 36.7 Å². The molecule has 29 heavy (non-hydrogen) atoms. The number of aryl methyl sites for hydroxylation is 1. The molecule has 1 aromatic heterocycles. The zero-order valence-corrected chi connectivity index (χ0v) is 17.0. The van der Waals surface area contributed by atoms with Crippen LogP contribution in [0.4, 0.5) is 0 Å². The van der Waals surface area contributed by atoms with E-state index in [1.54, 1.807) is 11.8 Å². The van der Waals surface area contributed by atoms with E-state index in [0.717, 1.165) is 17.9 Å². The van der Waals surface area contributed by atoms with Gasteiger partial charge in [-0.05, 0) is 42.7 Å². The van der Waals surface area contributed by atoms with Crippen molar-refractivity contribution in [2.75, 3.05) is 33.3 Å². The highest BCUT2D eigenvalue weighted by atomic mass is 16.5. The van der Waals surface area contributed by atoms with E-state index in [0.29, 0.717) is 38.0 Å². The molecular weight excluding hydrogens is 368 g/mol. The Bertz CT molecular complexity index is 868. The van der Waals surface area contributed by atoms with Crippen molar-refractivity contribution in [1.82, 2.24) is 20.0 Å². The number of aromatic nitrogens is 2. The van der Waals surface area contributed by atoms with Gasteiger partial charge in [0.2, 0.25) is 5.91 Å². The van der Waals surface area contributed by atoms with Gasteiger partial charge in [0, 0.05) is 56.8 Å². The van der Waals surface area contributed by atoms with Gasteiger partial charge in [-0.3, -0.25) is 14.3 Å². The fourth-order valence-electron chi connectivity index (χ4n) is 4.51. The lowest BCUT2D eigenvalue weighted by atomic mass is 9.86. The smallest absolute Gasteiger partial charge is 0.227 e. The van der Waals surface area contributed by atoms with E-state index >= 15 is 0 Å². The molecular formula is C22H28N4O3. The first-order valence-electron chi connectivity index (χ1n) is 10.2. The lowest BCUT2D eigenvalue weighted by Gasteiger charge is -2.34. The molecule has 1 aromatic carbocycles. The Morgan fingerprint density at radius 2 is 1.86 bits per heavy atom. The van der Waals surface area contributed by atoms with Crippen molar-refractivity contribution in [3.05, 3.63) is 47.8 Å². The number of carbonyl (C=O) groups is 2. The molecule has 0 unspecified atom stereocenters. The summed E-state index contributed by atoms with van der Waals surface area (Å²) in [6.45, 7) is 2.78. The Labute approximate surface area is 171 Å². The molecule has 7 nitrogen and oxygen atoms in total. The van der Waals surface area contributed by atoms with Crippen LogP contribution in [0.2, 0.25) is 0 Å². The molecule has 1 amide bonds. The van der Waals surface area contributed by atoms with Gasteiger partial charge in [-0.15, -0.1) is 0 Å². The standard InChI is InChI=1S/C22H28N4O3/c1-25-14-17(11-24-25)19-12-23-13-20(19)22(28)26-9-7-16(8-10-26)21(27)15-3-5-18(29-2)6-4-15/h3-6,11,14,16,19-20,23H,7-10,12-13H2,1-2H3/t19-,20+/m1/s1. The summed E-state index contributed by atoms with van der Waals surface area (Å²) in [6.07, 6.45) is 5.29. The largest absolute Gasteiger partial charge is 0.497 e. The van der Waals surface area contributed by atoms with Gasteiger partial charge in [0.05, 0.1) is 19.2 Å². The van der Waals surface area contributed by atoms with Crippen LogP contribution in [-0.4, -0.2) is 59.7 Å². The molecule has 7 heteroatoms. The van der Waals surface area contributed by atoms with Crippen molar-refractivity contribution in [2.24, 2.45) is 18.9 Å². The normalized spacial score (nSPS) is 22.6. The number of carbonyl (C=O) groups excluding carboxylic acids is 2. The molecule has 2 aliphatic rings. The van der Waals surface area contributed by atoms with Gasteiger partial charge in [0.15, 0.2) is 5.78 Å². The van der Waals surface area contributed by atoms with E-state index in [2.05, 4.69) is 10.4 Å². The van der Waals surface area contributed by atoms with Gasteiger partial charge in [0.25, 0.3) is 0 Å². The maximum Gasteiger partial charge on any atom is 0.227 e. The molecule has 0 saturated carbocycles. The zero-order chi connectivity index (χ0) is 20.4. The second-order valence-corrected chi connectivity index (χ2v) is 8.01. The summed E-state index contributed by atoms with van der Waals surface area (Å²) in [5, 5.41) is 7.61. The molecule has 2 fully saturated rings. The number of rotatable bonds is 5. The number of methoxy groups -OCH3 is 1. The first-order chi connectivity index (χ1) is 14.1. The van der Waals surface area contributed by atoms with Crippen LogP contribution in [-0.2, 0) is 11.8 Å². The SMILES string of the molecule is COc1ccc(C(=O)C2CCN(C(=O)[C@H]3CNC[C@@H]3c3cnn(C)c3)CC2)cc1. The summed E-state index contributed by atoms with van der Waals surface area (Å²) in [5.74, 6) is 1.18. The Kier molecular flexibility index (Phi) is 5.67. The van der Waals surface area contributed by atoms with E-state index in [1.165, 1.54) is 0 Å². The molecule has 2 aliphatic heterocycles. The monoisotopic (exact) mass is 396 g/mol. The van der Waals surface area contributed by atoms with Crippen LogP contribution in [0.5, 0.6) is 5.75 Å². The number of hydrogen-bond acceptors (Lipinski definition) is 5. The van der Waals surface area contributed by atoms with Gasteiger partial charge >= 0.3 is 0 Å². The number of benzene rings is 1. The molecule has 4 rings (SSSR count). The van der Waals surface area contributed by atoms with Gasteiger partial charge in [-0.2, -0.15) is 5.10 Å². The number of hydrogen-bond donors (Lipinski definition) is 1. The first-order valence-corrected chi connectivity index (χ1v) is 10.2. The van der Waals surface area contributed by atoms with Crippen molar-refractivity contribution in [2.45, 2.75) is 18.8 Å². The van der Waals surface area contributed by atoms with Crippen LogP contribution < -0.4 is 10.1 Å². The fraction of sp³-hybridized carbons (Fsp3) is 0.500. The Balaban J connectivity index is 1.36. The highest BCUT2D eigenvalue weighted by Crippen LogP contribution is 2.31. The molecule has 154 valence electrons. The summed E-state index contributed by atoms with van der Waals surface area (Å²) >= 11 is 0. The summed E-state index contributed by atoms with van der Waals surface area (Å²) < 4.78 is 6.94. The third-order valence-electron chi connectivity index (χ3n) is 6.24. The molecule has 2 atom stereocenters.